The Balaban J connectivity index is 2.64. The number of aromatic nitrogens is 1. The lowest BCUT2D eigenvalue weighted by Crippen LogP contribution is -2.00. The number of benzene rings is 1. The average Bonchev–Trinajstić information content (AvgIpc) is 2.44. The van der Waals surface area contributed by atoms with E-state index < -0.39 is 5.97 Å². The van der Waals surface area contributed by atoms with Crippen molar-refractivity contribution in [3.8, 4) is 0 Å². The molecule has 15 heavy (non-hydrogen) atoms. The Hall–Kier alpha value is -1.48. The molecule has 3 nitrogen and oxygen atoms in total. The van der Waals surface area contributed by atoms with E-state index in [1.54, 1.807) is 6.07 Å². The zero-order chi connectivity index (χ0) is 11.0. The van der Waals surface area contributed by atoms with E-state index in [-0.39, 0.29) is 6.42 Å². The second-order valence-corrected chi connectivity index (χ2v) is 3.99. The smallest absolute Gasteiger partial charge is 0.307 e. The summed E-state index contributed by atoms with van der Waals surface area (Å²) in [6.07, 6.45) is -0.0169. The number of aliphatic carboxylic acids is 1. The molecule has 0 aliphatic carbocycles. The van der Waals surface area contributed by atoms with Crippen LogP contribution in [0.25, 0.3) is 10.9 Å². The number of hydrogen-bond donors (Lipinski definition) is 2. The number of H-pyrrole nitrogens is 1. The second-order valence-electron chi connectivity index (χ2n) is 3.55. The van der Waals surface area contributed by atoms with Crippen LogP contribution in [-0.4, -0.2) is 16.1 Å². The highest BCUT2D eigenvalue weighted by Crippen LogP contribution is 2.24. The Bertz CT molecular complexity index is 531. The third-order valence-electron chi connectivity index (χ3n) is 2.25. The first-order valence-electron chi connectivity index (χ1n) is 4.56. The minimum atomic E-state index is -0.856. The van der Waals surface area contributed by atoms with Crippen LogP contribution in [0, 0.1) is 6.92 Å². The van der Waals surface area contributed by atoms with Crippen LogP contribution in [0.5, 0.6) is 0 Å². The van der Waals surface area contributed by atoms with Crippen molar-refractivity contribution < 1.29 is 9.90 Å². The summed E-state index contributed by atoms with van der Waals surface area (Å²) < 4.78 is 0. The third-order valence-corrected chi connectivity index (χ3v) is 2.47. The van der Waals surface area contributed by atoms with E-state index in [0.717, 1.165) is 22.2 Å². The monoisotopic (exact) mass is 223 g/mol. The molecule has 0 fully saturated rings. The van der Waals surface area contributed by atoms with Crippen molar-refractivity contribution in [3.05, 3.63) is 34.5 Å². The van der Waals surface area contributed by atoms with Crippen molar-refractivity contribution in [2.24, 2.45) is 0 Å². The van der Waals surface area contributed by atoms with E-state index in [0.29, 0.717) is 5.02 Å². The normalized spacial score (nSPS) is 10.8. The molecule has 0 saturated carbocycles. The summed E-state index contributed by atoms with van der Waals surface area (Å²) in [4.78, 5) is 13.8. The van der Waals surface area contributed by atoms with Crippen LogP contribution in [-0.2, 0) is 11.2 Å². The quantitative estimate of drug-likeness (QED) is 0.823. The number of carboxylic acid groups (broad SMARTS) is 1. The van der Waals surface area contributed by atoms with Gasteiger partial charge in [-0.05, 0) is 30.7 Å². The van der Waals surface area contributed by atoms with E-state index >= 15 is 0 Å². The Morgan fingerprint density at radius 1 is 1.47 bits per heavy atom. The molecule has 1 heterocycles. The fraction of sp³-hybridized carbons (Fsp3) is 0.182. The van der Waals surface area contributed by atoms with Gasteiger partial charge in [-0.25, -0.2) is 0 Å². The van der Waals surface area contributed by atoms with Gasteiger partial charge in [-0.3, -0.25) is 4.79 Å². The Labute approximate surface area is 91.7 Å². The molecule has 2 aromatic rings. The predicted octanol–water partition coefficient (Wildman–Crippen LogP) is 2.76. The summed E-state index contributed by atoms with van der Waals surface area (Å²) in [6, 6.07) is 5.46. The van der Waals surface area contributed by atoms with Gasteiger partial charge in [0, 0.05) is 21.6 Å². The van der Waals surface area contributed by atoms with Crippen molar-refractivity contribution in [1.29, 1.82) is 0 Å². The van der Waals surface area contributed by atoms with Crippen molar-refractivity contribution in [2.75, 3.05) is 0 Å². The fourth-order valence-electron chi connectivity index (χ4n) is 1.72. The van der Waals surface area contributed by atoms with Crippen LogP contribution in [0.2, 0.25) is 5.02 Å². The fourth-order valence-corrected chi connectivity index (χ4v) is 1.97. The molecule has 2 rings (SSSR count). The lowest BCUT2D eigenvalue weighted by atomic mass is 10.1. The molecule has 0 aliphatic heterocycles. The summed E-state index contributed by atoms with van der Waals surface area (Å²) in [5.74, 6) is -0.856. The van der Waals surface area contributed by atoms with Crippen LogP contribution in [0.3, 0.4) is 0 Å². The van der Waals surface area contributed by atoms with Gasteiger partial charge in [0.25, 0.3) is 0 Å². The highest BCUT2D eigenvalue weighted by Gasteiger charge is 2.09. The molecule has 0 spiro atoms. The van der Waals surface area contributed by atoms with Gasteiger partial charge in [0.15, 0.2) is 0 Å². The van der Waals surface area contributed by atoms with E-state index in [9.17, 15) is 4.79 Å². The first kappa shape index (κ1) is 10.1. The van der Waals surface area contributed by atoms with Gasteiger partial charge in [0.05, 0.1) is 6.42 Å². The highest BCUT2D eigenvalue weighted by molar-refractivity contribution is 6.31. The number of halogens is 1. The molecule has 2 N–H and O–H groups in total. The van der Waals surface area contributed by atoms with Gasteiger partial charge in [-0.15, -0.1) is 0 Å². The largest absolute Gasteiger partial charge is 0.481 e. The zero-order valence-corrected chi connectivity index (χ0v) is 8.93. The van der Waals surface area contributed by atoms with Gasteiger partial charge >= 0.3 is 5.97 Å². The van der Waals surface area contributed by atoms with E-state index in [1.807, 2.05) is 19.1 Å². The summed E-state index contributed by atoms with van der Waals surface area (Å²) in [6.45, 7) is 1.93. The summed E-state index contributed by atoms with van der Waals surface area (Å²) in [5.41, 5.74) is 2.58. The topological polar surface area (TPSA) is 53.1 Å². The van der Waals surface area contributed by atoms with Gasteiger partial charge in [-0.2, -0.15) is 0 Å². The number of aryl methyl sites for hydroxylation is 1. The van der Waals surface area contributed by atoms with Crippen LogP contribution in [0.4, 0.5) is 0 Å². The van der Waals surface area contributed by atoms with Crippen molar-refractivity contribution in [1.82, 2.24) is 4.98 Å². The molecule has 4 heteroatoms. The lowest BCUT2D eigenvalue weighted by Gasteiger charge is -2.01. The first-order chi connectivity index (χ1) is 7.06. The first-order valence-corrected chi connectivity index (χ1v) is 4.93. The summed E-state index contributed by atoms with van der Waals surface area (Å²) in [5, 5.41) is 10.3. The molecular weight excluding hydrogens is 214 g/mol. The van der Waals surface area contributed by atoms with E-state index in [4.69, 9.17) is 16.7 Å². The number of rotatable bonds is 2. The average molecular weight is 224 g/mol. The molecule has 0 bridgehead atoms. The minimum Gasteiger partial charge on any atom is -0.481 e. The number of hydrogen-bond acceptors (Lipinski definition) is 1. The Morgan fingerprint density at radius 2 is 2.20 bits per heavy atom. The number of carboxylic acids is 1. The van der Waals surface area contributed by atoms with Crippen LogP contribution in [0.15, 0.2) is 18.2 Å². The maximum absolute atomic E-state index is 10.7. The second kappa shape index (κ2) is 3.59. The minimum absolute atomic E-state index is 0.0169. The molecule has 0 aliphatic rings. The third kappa shape index (κ3) is 1.97. The standard InChI is InChI=1S/C11H10ClNO2/c1-6-2-7-3-9(12)4-8(5-10(14)15)11(7)13-6/h2-4,13H,5H2,1H3,(H,14,15). The Kier molecular flexibility index (Phi) is 2.40. The predicted molar refractivity (Wildman–Crippen MR) is 59.4 cm³/mol. The summed E-state index contributed by atoms with van der Waals surface area (Å²) in [7, 11) is 0. The zero-order valence-electron chi connectivity index (χ0n) is 8.17. The lowest BCUT2D eigenvalue weighted by molar-refractivity contribution is -0.136. The molecule has 0 radical (unpaired) electrons. The molecule has 0 unspecified atom stereocenters. The van der Waals surface area contributed by atoms with E-state index in [2.05, 4.69) is 4.98 Å². The SMILES string of the molecule is Cc1cc2cc(Cl)cc(CC(=O)O)c2[nH]1. The van der Waals surface area contributed by atoms with Crippen LogP contribution >= 0.6 is 11.6 Å². The maximum Gasteiger partial charge on any atom is 0.307 e. The molecular formula is C11H10ClNO2. The Morgan fingerprint density at radius 3 is 2.87 bits per heavy atom. The number of aromatic amines is 1. The van der Waals surface area contributed by atoms with Crippen molar-refractivity contribution in [2.45, 2.75) is 13.3 Å². The van der Waals surface area contributed by atoms with Crippen molar-refractivity contribution >= 4 is 28.5 Å². The van der Waals surface area contributed by atoms with Gasteiger partial charge in [0.2, 0.25) is 0 Å². The molecule has 0 saturated heterocycles. The highest BCUT2D eigenvalue weighted by atomic mass is 35.5. The molecule has 1 aromatic carbocycles. The molecule has 0 amide bonds. The number of carbonyl (C=O) groups is 1. The van der Waals surface area contributed by atoms with Gasteiger partial charge in [-0.1, -0.05) is 11.6 Å². The van der Waals surface area contributed by atoms with Gasteiger partial charge < -0.3 is 10.1 Å². The van der Waals surface area contributed by atoms with Crippen LogP contribution < -0.4 is 0 Å². The van der Waals surface area contributed by atoms with Crippen LogP contribution in [0.1, 0.15) is 11.3 Å². The molecule has 0 atom stereocenters. The summed E-state index contributed by atoms with van der Waals surface area (Å²) >= 11 is 5.91. The molecule has 78 valence electrons. The van der Waals surface area contributed by atoms with E-state index in [1.165, 1.54) is 0 Å². The van der Waals surface area contributed by atoms with Crippen molar-refractivity contribution in [3.63, 3.8) is 0 Å². The number of nitrogens with one attached hydrogen (secondary N) is 1. The van der Waals surface area contributed by atoms with Gasteiger partial charge in [0.1, 0.15) is 0 Å². The molecule has 1 aromatic heterocycles. The number of fused-ring (bicyclic) bond motifs is 1. The maximum atomic E-state index is 10.7.